The molecule has 4 rings (SSSR count). The summed E-state index contributed by atoms with van der Waals surface area (Å²) < 4.78 is 92.4. The van der Waals surface area contributed by atoms with Gasteiger partial charge in [-0.2, -0.15) is 0 Å². The van der Waals surface area contributed by atoms with Gasteiger partial charge in [-0.1, -0.05) is 48.0 Å². The van der Waals surface area contributed by atoms with E-state index >= 15 is 0 Å². The number of hydrogen-bond donors (Lipinski definition) is 2. The summed E-state index contributed by atoms with van der Waals surface area (Å²) in [7, 11) is 0. The van der Waals surface area contributed by atoms with Gasteiger partial charge in [0.05, 0.1) is 14.2 Å². The van der Waals surface area contributed by atoms with Gasteiger partial charge in [0.1, 0.15) is 6.56 Å². The van der Waals surface area contributed by atoms with Gasteiger partial charge in [0.15, 0.2) is 0 Å². The zero-order chi connectivity index (χ0) is 33.6. The molecule has 0 aliphatic rings. The fraction of sp³-hybridized carbons (Fsp3) is 0.179. The molecule has 3 aromatic carbocycles. The number of nitrogens with two attached hydrogens (primary N) is 1. The van der Waals surface area contributed by atoms with Crippen molar-refractivity contribution in [2.45, 2.75) is 26.2 Å². The first kappa shape index (κ1) is 13.0. The number of fused-ring (bicyclic) bond motifs is 1. The number of carbonyl (C=O) groups excluding carboxylic acids is 2. The molecule has 1 amide bonds. The summed E-state index contributed by atoms with van der Waals surface area (Å²) in [6, 6.07) is 13.6. The molecule has 6 heteroatoms. The molecule has 0 saturated heterocycles. The van der Waals surface area contributed by atoms with E-state index in [1.165, 1.54) is 0 Å². The molecule has 0 fully saturated rings. The number of benzene rings is 3. The van der Waals surface area contributed by atoms with Gasteiger partial charge < -0.3 is 15.8 Å². The summed E-state index contributed by atoms with van der Waals surface area (Å²) in [6.07, 6.45) is 3.18. The number of aromatic nitrogens is 1. The van der Waals surface area contributed by atoms with Gasteiger partial charge in [0, 0.05) is 42.3 Å². The van der Waals surface area contributed by atoms with Crippen LogP contribution in [0.1, 0.15) is 53.6 Å². The number of anilines is 1. The second-order valence-corrected chi connectivity index (χ2v) is 7.24. The Morgan fingerprint density at radius 2 is 1.94 bits per heavy atom. The average Bonchev–Trinajstić information content (AvgIpc) is 2.94. The first-order valence-electron chi connectivity index (χ1n) is 15.6. The van der Waals surface area contributed by atoms with Crippen molar-refractivity contribution in [3.63, 3.8) is 0 Å². The Balaban J connectivity index is 1.61. The van der Waals surface area contributed by atoms with Crippen LogP contribution in [0, 0.1) is 13.7 Å². The van der Waals surface area contributed by atoms with Crippen LogP contribution in [-0.4, -0.2) is 23.4 Å². The van der Waals surface area contributed by atoms with Crippen LogP contribution < -0.4 is 11.1 Å². The summed E-state index contributed by atoms with van der Waals surface area (Å²) in [6.45, 7) is -11.4. The molecule has 0 aliphatic heterocycles. The molecule has 1 heterocycles. The molecule has 0 unspecified atom stereocenters. The highest BCUT2D eigenvalue weighted by Gasteiger charge is 2.19. The van der Waals surface area contributed by atoms with E-state index in [-0.39, 0.29) is 22.4 Å². The summed E-state index contributed by atoms with van der Waals surface area (Å²) in [5.74, 6) is -5.21. The predicted octanol–water partition coefficient (Wildman–Crippen LogP) is 4.89. The monoisotopic (exact) mass is 464 g/mol. The molecule has 34 heavy (non-hydrogen) atoms. The van der Waals surface area contributed by atoms with Crippen LogP contribution in [0.4, 0.5) is 5.69 Å². The van der Waals surface area contributed by atoms with E-state index < -0.39 is 55.7 Å². The van der Waals surface area contributed by atoms with Crippen molar-refractivity contribution < 1.29 is 29.4 Å². The highest BCUT2D eigenvalue weighted by molar-refractivity contribution is 5.98. The molecular weight excluding hydrogens is 426 g/mol. The Labute approximate surface area is 214 Å². The number of rotatable bonds is 7. The Hall–Kier alpha value is -4.03. The number of nitrogens with one attached hydrogen (secondary N) is 1. The Kier molecular flexibility index (Phi) is 3.93. The van der Waals surface area contributed by atoms with Gasteiger partial charge in [0.2, 0.25) is 5.91 Å². The molecule has 1 aromatic heterocycles. The van der Waals surface area contributed by atoms with Crippen molar-refractivity contribution in [2.75, 3.05) is 11.8 Å². The van der Waals surface area contributed by atoms with Crippen LogP contribution in [0.3, 0.4) is 0 Å². The van der Waals surface area contributed by atoms with Crippen molar-refractivity contribution in [3.8, 4) is 0 Å². The molecule has 0 saturated carbocycles. The average molecular weight is 465 g/mol. The summed E-state index contributed by atoms with van der Waals surface area (Å²) in [5.41, 5.74) is 3.89. The molecule has 172 valence electrons. The summed E-state index contributed by atoms with van der Waals surface area (Å²) in [4.78, 5) is 30.3. The van der Waals surface area contributed by atoms with Crippen LogP contribution in [0.5, 0.6) is 0 Å². The molecule has 0 aliphatic carbocycles. The van der Waals surface area contributed by atoms with E-state index in [1.807, 2.05) is 0 Å². The SMILES string of the molecule is [2H]C([2H])([2H])c1ccc(C(=O)OC([2H])([2H])c2ccc([C@]([2H])(C(=O)Nc3ccc4cnccc4c3)C([2H])([2H])N)cc2)c(C([2H])([2H])[2H])c1. The third-order valence-corrected chi connectivity index (χ3v) is 4.94. The highest BCUT2D eigenvalue weighted by Crippen LogP contribution is 2.22. The number of nitrogens with zero attached hydrogens (tertiary/aromatic N) is 1. The van der Waals surface area contributed by atoms with E-state index in [0.29, 0.717) is 0 Å². The first-order valence-corrected chi connectivity index (χ1v) is 10.1. The lowest BCUT2D eigenvalue weighted by molar-refractivity contribution is -0.117. The zero-order valence-electron chi connectivity index (χ0n) is 28.8. The number of carbonyl (C=O) groups is 2. The lowest BCUT2D eigenvalue weighted by Crippen LogP contribution is -2.27. The molecule has 1 atom stereocenters. The van der Waals surface area contributed by atoms with E-state index in [2.05, 4.69) is 10.3 Å². The van der Waals surface area contributed by atoms with Gasteiger partial charge >= 0.3 is 5.97 Å². The van der Waals surface area contributed by atoms with Crippen molar-refractivity contribution in [2.24, 2.45) is 5.73 Å². The highest BCUT2D eigenvalue weighted by atomic mass is 16.5. The maximum absolute atomic E-state index is 13.3. The Bertz CT molecular complexity index is 1750. The molecular formula is C28H27N3O3. The minimum absolute atomic E-state index is 0.242. The van der Waals surface area contributed by atoms with Crippen LogP contribution >= 0.6 is 0 Å². The quantitative estimate of drug-likeness (QED) is 0.380. The second kappa shape index (κ2) is 10.3. The Morgan fingerprint density at radius 3 is 2.71 bits per heavy atom. The van der Waals surface area contributed by atoms with E-state index in [0.717, 1.165) is 53.2 Å². The van der Waals surface area contributed by atoms with Crippen LogP contribution in [0.2, 0.25) is 0 Å². The van der Waals surface area contributed by atoms with Gasteiger partial charge in [-0.15, -0.1) is 0 Å². The largest absolute Gasteiger partial charge is 0.457 e. The predicted molar refractivity (Wildman–Crippen MR) is 134 cm³/mol. The molecule has 3 N–H and O–H groups in total. The molecule has 0 radical (unpaired) electrons. The number of amides is 1. The minimum atomic E-state index is -2.92. The first-order chi connectivity index (χ1) is 20.6. The van der Waals surface area contributed by atoms with Crippen LogP contribution in [-0.2, 0) is 16.1 Å². The standard InChI is InChI=1S/C28H27N3O3/c1-18-3-10-25(19(2)13-18)28(33)34-17-20-4-6-21(7-5-20)26(15-29)27(32)31-24-9-8-23-16-30-12-11-22(23)14-24/h3-14,16,26H,15,17,29H2,1-2H3,(H,31,32)/t26-/m1/s1/i1D3,2D3,15D2,17D2,26D. The number of esters is 1. The topological polar surface area (TPSA) is 94.3 Å². The summed E-state index contributed by atoms with van der Waals surface area (Å²) in [5, 5.41) is 4.03. The molecule has 6 nitrogen and oxygen atoms in total. The lowest BCUT2D eigenvalue weighted by Gasteiger charge is -2.16. The number of hydrogen-bond acceptors (Lipinski definition) is 5. The van der Waals surface area contributed by atoms with Crippen molar-refractivity contribution in [3.05, 3.63) is 107 Å². The van der Waals surface area contributed by atoms with Crippen molar-refractivity contribution >= 4 is 28.3 Å². The van der Waals surface area contributed by atoms with Crippen molar-refractivity contribution in [1.29, 1.82) is 0 Å². The molecule has 0 bridgehead atoms. The smallest absolute Gasteiger partial charge is 0.338 e. The van der Waals surface area contributed by atoms with Gasteiger partial charge in [-0.05, 0) is 60.0 Å². The Morgan fingerprint density at radius 1 is 1.09 bits per heavy atom. The normalized spacial score (nSPS) is 19.0. The van der Waals surface area contributed by atoms with Crippen LogP contribution in [0.25, 0.3) is 10.8 Å². The second-order valence-electron chi connectivity index (χ2n) is 7.24. The molecule has 4 aromatic rings. The number of aryl methyl sites for hydroxylation is 2. The summed E-state index contributed by atoms with van der Waals surface area (Å²) >= 11 is 0. The van der Waals surface area contributed by atoms with Gasteiger partial charge in [-0.3, -0.25) is 9.78 Å². The lowest BCUT2D eigenvalue weighted by atomic mass is 9.97. The van der Waals surface area contributed by atoms with E-state index in [9.17, 15) is 9.59 Å². The van der Waals surface area contributed by atoms with Gasteiger partial charge in [0.25, 0.3) is 0 Å². The maximum atomic E-state index is 13.3. The van der Waals surface area contributed by atoms with Crippen LogP contribution in [0.15, 0.2) is 79.1 Å². The van der Waals surface area contributed by atoms with Gasteiger partial charge in [-0.25, -0.2) is 4.79 Å². The van der Waals surface area contributed by atoms with E-state index in [1.54, 1.807) is 36.7 Å². The van der Waals surface area contributed by atoms with E-state index in [4.69, 9.17) is 25.5 Å². The number of pyridine rings is 1. The third kappa shape index (κ3) is 5.30. The maximum Gasteiger partial charge on any atom is 0.338 e. The minimum Gasteiger partial charge on any atom is -0.457 e. The van der Waals surface area contributed by atoms with Crippen molar-refractivity contribution in [1.82, 2.24) is 4.98 Å². The number of ether oxygens (including phenoxy) is 1. The molecule has 0 spiro atoms. The fourth-order valence-electron chi connectivity index (χ4n) is 3.22. The zero-order valence-corrected chi connectivity index (χ0v) is 17.8. The fourth-order valence-corrected chi connectivity index (χ4v) is 3.22. The third-order valence-electron chi connectivity index (χ3n) is 4.94.